The first-order valence-electron chi connectivity index (χ1n) is 3.92. The number of urea groups is 1. The van der Waals surface area contributed by atoms with Gasteiger partial charge in [-0.05, 0) is 0 Å². The van der Waals surface area contributed by atoms with Crippen molar-refractivity contribution >= 4 is 6.03 Å². The lowest BCUT2D eigenvalue weighted by Gasteiger charge is -2.14. The Kier molecular flexibility index (Phi) is 1.32. The lowest BCUT2D eigenvalue weighted by molar-refractivity contribution is 0.197. The Morgan fingerprint density at radius 1 is 1.27 bits per heavy atom. The Bertz CT molecular complexity index is 176. The van der Waals surface area contributed by atoms with Gasteiger partial charge in [0.25, 0.3) is 0 Å². The number of amides is 2. The van der Waals surface area contributed by atoms with E-state index in [2.05, 4.69) is 5.32 Å². The molecule has 2 atom stereocenters. The maximum absolute atomic E-state index is 11.3. The summed E-state index contributed by atoms with van der Waals surface area (Å²) in [6, 6.07) is 0.946. The van der Waals surface area contributed by atoms with Crippen LogP contribution in [0.2, 0.25) is 0 Å². The number of carbonyl (C=O) groups is 1. The molecule has 0 aliphatic carbocycles. The molecule has 2 aliphatic rings. The highest BCUT2D eigenvalue weighted by Gasteiger charge is 2.44. The monoisotopic (exact) mass is 155 g/mol. The van der Waals surface area contributed by atoms with E-state index in [9.17, 15) is 4.79 Å². The fourth-order valence-electron chi connectivity index (χ4n) is 1.97. The van der Waals surface area contributed by atoms with Crippen molar-refractivity contribution in [2.24, 2.45) is 0 Å². The number of fused-ring (bicyclic) bond motifs is 1. The fourth-order valence-corrected chi connectivity index (χ4v) is 1.97. The summed E-state index contributed by atoms with van der Waals surface area (Å²) in [4.78, 5) is 15.0. The van der Waals surface area contributed by atoms with Crippen LogP contribution in [0, 0.1) is 0 Å². The maximum Gasteiger partial charge on any atom is 0.320 e. The maximum atomic E-state index is 11.3. The summed E-state index contributed by atoms with van der Waals surface area (Å²) in [7, 11) is 3.74. The molecular formula is C7H13N3O. The molecule has 2 aliphatic heterocycles. The van der Waals surface area contributed by atoms with Crippen LogP contribution >= 0.6 is 0 Å². The molecule has 2 unspecified atom stereocenters. The van der Waals surface area contributed by atoms with Crippen molar-refractivity contribution in [1.82, 2.24) is 15.1 Å². The van der Waals surface area contributed by atoms with Crippen molar-refractivity contribution in [3.8, 4) is 0 Å². The van der Waals surface area contributed by atoms with E-state index in [1.54, 1.807) is 0 Å². The van der Waals surface area contributed by atoms with Gasteiger partial charge >= 0.3 is 6.03 Å². The molecule has 0 radical (unpaired) electrons. The molecule has 62 valence electrons. The van der Waals surface area contributed by atoms with Crippen LogP contribution in [0.25, 0.3) is 0 Å². The zero-order chi connectivity index (χ0) is 8.01. The number of nitrogens with zero attached hydrogens (tertiary/aromatic N) is 2. The standard InChI is InChI=1S/C7H13N3O/c1-9-5-3-8-4-6(5)10(2)7(9)11/h5-6,8H,3-4H2,1-2H3. The molecule has 0 aromatic rings. The number of hydrogen-bond acceptors (Lipinski definition) is 2. The van der Waals surface area contributed by atoms with Crippen LogP contribution in [0.4, 0.5) is 4.79 Å². The van der Waals surface area contributed by atoms with Gasteiger partial charge in [0.05, 0.1) is 12.1 Å². The van der Waals surface area contributed by atoms with Crippen molar-refractivity contribution in [2.75, 3.05) is 27.2 Å². The van der Waals surface area contributed by atoms with Gasteiger partial charge in [0.2, 0.25) is 0 Å². The average molecular weight is 155 g/mol. The predicted octanol–water partition coefficient (Wildman–Crippen LogP) is -0.676. The summed E-state index contributed by atoms with van der Waals surface area (Å²) in [6.45, 7) is 1.88. The van der Waals surface area contributed by atoms with Gasteiger partial charge in [-0.3, -0.25) is 0 Å². The predicted molar refractivity (Wildman–Crippen MR) is 41.4 cm³/mol. The highest BCUT2D eigenvalue weighted by Crippen LogP contribution is 2.21. The molecule has 2 amide bonds. The van der Waals surface area contributed by atoms with Crippen LogP contribution < -0.4 is 5.32 Å². The third-order valence-electron chi connectivity index (χ3n) is 2.75. The summed E-state index contributed by atoms with van der Waals surface area (Å²) >= 11 is 0. The van der Waals surface area contributed by atoms with Gasteiger partial charge in [-0.15, -0.1) is 0 Å². The van der Waals surface area contributed by atoms with Crippen LogP contribution in [0.5, 0.6) is 0 Å². The number of hydrogen-bond donors (Lipinski definition) is 1. The number of carbonyl (C=O) groups excluding carboxylic acids is 1. The summed E-state index contributed by atoms with van der Waals surface area (Å²) in [5.74, 6) is 0. The minimum Gasteiger partial charge on any atom is -0.321 e. The summed E-state index contributed by atoms with van der Waals surface area (Å²) in [5, 5.41) is 3.27. The minimum atomic E-state index is 0.154. The Morgan fingerprint density at radius 2 is 1.73 bits per heavy atom. The molecule has 0 spiro atoms. The van der Waals surface area contributed by atoms with Gasteiger partial charge in [0.15, 0.2) is 0 Å². The van der Waals surface area contributed by atoms with E-state index in [4.69, 9.17) is 0 Å². The van der Waals surface area contributed by atoms with Crippen molar-refractivity contribution < 1.29 is 4.79 Å². The molecule has 0 aromatic carbocycles. The van der Waals surface area contributed by atoms with Crippen LogP contribution in [0.3, 0.4) is 0 Å². The summed E-state index contributed by atoms with van der Waals surface area (Å²) in [6.07, 6.45) is 0. The highest BCUT2D eigenvalue weighted by molar-refractivity contribution is 5.77. The lowest BCUT2D eigenvalue weighted by Crippen LogP contribution is -2.34. The van der Waals surface area contributed by atoms with E-state index in [-0.39, 0.29) is 6.03 Å². The highest BCUT2D eigenvalue weighted by atomic mass is 16.2. The van der Waals surface area contributed by atoms with E-state index >= 15 is 0 Å². The second-order valence-corrected chi connectivity index (χ2v) is 3.30. The van der Waals surface area contributed by atoms with Gasteiger partial charge in [0, 0.05) is 27.2 Å². The second-order valence-electron chi connectivity index (χ2n) is 3.30. The van der Waals surface area contributed by atoms with Crippen LogP contribution in [0.15, 0.2) is 0 Å². The SMILES string of the molecule is CN1C(=O)N(C)C2CNCC21. The molecule has 2 rings (SSSR count). The van der Waals surface area contributed by atoms with Gasteiger partial charge in [-0.25, -0.2) is 4.79 Å². The summed E-state index contributed by atoms with van der Waals surface area (Å²) < 4.78 is 0. The Labute approximate surface area is 66.1 Å². The molecule has 2 heterocycles. The van der Waals surface area contributed by atoms with Crippen molar-refractivity contribution in [2.45, 2.75) is 12.1 Å². The fraction of sp³-hybridized carbons (Fsp3) is 0.857. The van der Waals surface area contributed by atoms with Crippen molar-refractivity contribution in [1.29, 1.82) is 0 Å². The third-order valence-corrected chi connectivity index (χ3v) is 2.75. The second kappa shape index (κ2) is 2.11. The molecule has 1 N–H and O–H groups in total. The Balaban J connectivity index is 2.23. The summed E-state index contributed by atoms with van der Waals surface area (Å²) in [5.41, 5.74) is 0. The Morgan fingerprint density at radius 3 is 2.18 bits per heavy atom. The molecule has 0 saturated carbocycles. The first kappa shape index (κ1) is 6.91. The van der Waals surface area contributed by atoms with E-state index in [1.165, 1.54) is 0 Å². The third kappa shape index (κ3) is 0.758. The largest absolute Gasteiger partial charge is 0.321 e. The average Bonchev–Trinajstić information content (AvgIpc) is 2.53. The van der Waals surface area contributed by atoms with E-state index < -0.39 is 0 Å². The van der Waals surface area contributed by atoms with Crippen LogP contribution in [-0.2, 0) is 0 Å². The van der Waals surface area contributed by atoms with Crippen molar-refractivity contribution in [3.63, 3.8) is 0 Å². The first-order chi connectivity index (χ1) is 5.22. The Hall–Kier alpha value is -0.770. The number of likely N-dealkylation sites (N-methyl/N-ethyl adjacent to an activating group) is 2. The molecule has 2 saturated heterocycles. The van der Waals surface area contributed by atoms with Gasteiger partial charge in [-0.2, -0.15) is 0 Å². The van der Waals surface area contributed by atoms with Crippen molar-refractivity contribution in [3.05, 3.63) is 0 Å². The van der Waals surface area contributed by atoms with E-state index in [0.29, 0.717) is 12.1 Å². The lowest BCUT2D eigenvalue weighted by atomic mass is 10.2. The number of rotatable bonds is 0. The zero-order valence-corrected chi connectivity index (χ0v) is 6.87. The van der Waals surface area contributed by atoms with E-state index in [0.717, 1.165) is 13.1 Å². The van der Waals surface area contributed by atoms with Gasteiger partial charge in [0.1, 0.15) is 0 Å². The van der Waals surface area contributed by atoms with Crippen LogP contribution in [0.1, 0.15) is 0 Å². The normalized spacial score (nSPS) is 36.7. The minimum absolute atomic E-state index is 0.154. The quantitative estimate of drug-likeness (QED) is 0.503. The molecule has 11 heavy (non-hydrogen) atoms. The smallest absolute Gasteiger partial charge is 0.320 e. The first-order valence-corrected chi connectivity index (χ1v) is 3.92. The molecule has 4 nitrogen and oxygen atoms in total. The molecule has 0 aromatic heterocycles. The van der Waals surface area contributed by atoms with Gasteiger partial charge in [-0.1, -0.05) is 0 Å². The molecule has 0 bridgehead atoms. The topological polar surface area (TPSA) is 35.6 Å². The van der Waals surface area contributed by atoms with E-state index in [1.807, 2.05) is 23.9 Å². The number of nitrogens with one attached hydrogen (secondary N) is 1. The van der Waals surface area contributed by atoms with Crippen LogP contribution in [-0.4, -0.2) is 55.1 Å². The molecule has 4 heteroatoms. The zero-order valence-electron chi connectivity index (χ0n) is 6.87. The molecular weight excluding hydrogens is 142 g/mol. The molecule has 2 fully saturated rings. The van der Waals surface area contributed by atoms with Gasteiger partial charge < -0.3 is 15.1 Å².